The van der Waals surface area contributed by atoms with E-state index < -0.39 is 0 Å². The molecule has 0 N–H and O–H groups in total. The van der Waals surface area contributed by atoms with Gasteiger partial charge in [-0.15, -0.1) is 0 Å². The van der Waals surface area contributed by atoms with Crippen LogP contribution in [-0.4, -0.2) is 0 Å². The summed E-state index contributed by atoms with van der Waals surface area (Å²) in [6.45, 7) is 14.1. The second-order valence-electron chi connectivity index (χ2n) is 6.30. The molecule has 1 atom stereocenters. The van der Waals surface area contributed by atoms with Crippen molar-refractivity contribution in [3.05, 3.63) is 0 Å². The van der Waals surface area contributed by atoms with E-state index in [1.54, 1.807) is 0 Å². The van der Waals surface area contributed by atoms with E-state index in [1.807, 2.05) is 0 Å². The van der Waals surface area contributed by atoms with Crippen LogP contribution < -0.4 is 0 Å². The Morgan fingerprint density at radius 3 is 1.53 bits per heavy atom. The monoisotopic (exact) mass is 212 g/mol. The lowest BCUT2D eigenvalue weighted by atomic mass is 9.84. The van der Waals surface area contributed by atoms with Gasteiger partial charge in [-0.25, -0.2) is 0 Å². The molecule has 92 valence electrons. The Hall–Kier alpha value is 0. The first kappa shape index (κ1) is 15.0. The van der Waals surface area contributed by atoms with Crippen LogP contribution >= 0.6 is 0 Å². The van der Waals surface area contributed by atoms with E-state index in [2.05, 4.69) is 41.5 Å². The minimum Gasteiger partial charge on any atom is -0.0628 e. The lowest BCUT2D eigenvalue weighted by molar-refractivity contribution is 0.298. The quantitative estimate of drug-likeness (QED) is 0.497. The van der Waals surface area contributed by atoms with Crippen LogP contribution in [0.3, 0.4) is 0 Å². The summed E-state index contributed by atoms with van der Waals surface area (Å²) in [6.07, 6.45) is 7.13. The van der Waals surface area contributed by atoms with Crippen molar-refractivity contribution in [2.24, 2.45) is 23.7 Å². The molecular weight excluding hydrogens is 180 g/mol. The largest absolute Gasteiger partial charge is 0.0628 e. The molecule has 15 heavy (non-hydrogen) atoms. The van der Waals surface area contributed by atoms with Gasteiger partial charge in [0.15, 0.2) is 0 Å². The van der Waals surface area contributed by atoms with E-state index in [1.165, 1.54) is 32.1 Å². The van der Waals surface area contributed by atoms with Crippen molar-refractivity contribution >= 4 is 0 Å². The highest BCUT2D eigenvalue weighted by Gasteiger charge is 2.13. The normalized spacial score (nSPS) is 14.2. The van der Waals surface area contributed by atoms with E-state index in [-0.39, 0.29) is 0 Å². The standard InChI is InChI=1S/C15H32/c1-12(2)8-7-9-15(14(5)6)11-10-13(3)4/h12-15H,7-11H2,1-6H3. The molecule has 0 bridgehead atoms. The molecule has 0 amide bonds. The second kappa shape index (κ2) is 8.19. The van der Waals surface area contributed by atoms with E-state index in [4.69, 9.17) is 0 Å². The molecule has 0 aliphatic heterocycles. The molecule has 0 radical (unpaired) electrons. The fourth-order valence-electron chi connectivity index (χ4n) is 2.15. The molecule has 0 spiro atoms. The van der Waals surface area contributed by atoms with Gasteiger partial charge in [0.2, 0.25) is 0 Å². The first-order chi connectivity index (χ1) is 6.93. The molecule has 0 aliphatic rings. The predicted molar refractivity (Wildman–Crippen MR) is 71.1 cm³/mol. The SMILES string of the molecule is CC(C)CCCC(CCC(C)C)C(C)C. The molecule has 0 heterocycles. The van der Waals surface area contributed by atoms with Crippen LogP contribution in [0.25, 0.3) is 0 Å². The minimum absolute atomic E-state index is 0.871. The van der Waals surface area contributed by atoms with E-state index in [0.29, 0.717) is 0 Å². The Balaban J connectivity index is 3.73. The smallest absolute Gasteiger partial charge is 0.0391 e. The summed E-state index contributed by atoms with van der Waals surface area (Å²) in [5.74, 6) is 3.58. The lowest BCUT2D eigenvalue weighted by Gasteiger charge is -2.22. The van der Waals surface area contributed by atoms with Crippen molar-refractivity contribution in [2.45, 2.75) is 73.6 Å². The molecule has 0 fully saturated rings. The van der Waals surface area contributed by atoms with E-state index >= 15 is 0 Å². The van der Waals surface area contributed by atoms with Gasteiger partial charge in [-0.2, -0.15) is 0 Å². The Bertz CT molecular complexity index is 133. The average Bonchev–Trinajstić information content (AvgIpc) is 2.09. The zero-order valence-electron chi connectivity index (χ0n) is 11.8. The highest BCUT2D eigenvalue weighted by atomic mass is 14.2. The zero-order chi connectivity index (χ0) is 11.8. The first-order valence-electron chi connectivity index (χ1n) is 6.93. The zero-order valence-corrected chi connectivity index (χ0v) is 11.8. The van der Waals surface area contributed by atoms with Gasteiger partial charge >= 0.3 is 0 Å². The molecule has 0 rings (SSSR count). The van der Waals surface area contributed by atoms with Crippen molar-refractivity contribution in [1.29, 1.82) is 0 Å². The highest BCUT2D eigenvalue weighted by Crippen LogP contribution is 2.26. The maximum absolute atomic E-state index is 2.39. The Morgan fingerprint density at radius 1 is 0.600 bits per heavy atom. The van der Waals surface area contributed by atoms with Crippen LogP contribution in [0.2, 0.25) is 0 Å². The molecule has 0 saturated heterocycles. The summed E-state index contributed by atoms with van der Waals surface area (Å²) in [5, 5.41) is 0. The molecule has 0 aliphatic carbocycles. The van der Waals surface area contributed by atoms with Crippen LogP contribution in [0.4, 0.5) is 0 Å². The molecule has 0 saturated carbocycles. The van der Waals surface area contributed by atoms with Gasteiger partial charge in [-0.3, -0.25) is 0 Å². The molecule has 0 heteroatoms. The van der Waals surface area contributed by atoms with Crippen molar-refractivity contribution in [1.82, 2.24) is 0 Å². The average molecular weight is 212 g/mol. The molecule has 0 aromatic carbocycles. The summed E-state index contributed by atoms with van der Waals surface area (Å²) < 4.78 is 0. The van der Waals surface area contributed by atoms with Gasteiger partial charge in [0.1, 0.15) is 0 Å². The molecular formula is C15H32. The number of hydrogen-bond acceptors (Lipinski definition) is 0. The van der Waals surface area contributed by atoms with Crippen molar-refractivity contribution < 1.29 is 0 Å². The second-order valence-corrected chi connectivity index (χ2v) is 6.30. The van der Waals surface area contributed by atoms with Crippen molar-refractivity contribution in [3.8, 4) is 0 Å². The van der Waals surface area contributed by atoms with Gasteiger partial charge in [0.05, 0.1) is 0 Å². The fourth-order valence-corrected chi connectivity index (χ4v) is 2.15. The van der Waals surface area contributed by atoms with Crippen molar-refractivity contribution in [2.75, 3.05) is 0 Å². The van der Waals surface area contributed by atoms with Gasteiger partial charge in [0.25, 0.3) is 0 Å². The van der Waals surface area contributed by atoms with Crippen molar-refractivity contribution in [3.63, 3.8) is 0 Å². The molecule has 1 unspecified atom stereocenters. The summed E-state index contributed by atoms with van der Waals surface area (Å²) in [4.78, 5) is 0. The Morgan fingerprint density at radius 2 is 1.13 bits per heavy atom. The topological polar surface area (TPSA) is 0 Å². The van der Waals surface area contributed by atoms with Crippen LogP contribution in [0, 0.1) is 23.7 Å². The minimum atomic E-state index is 0.871. The highest BCUT2D eigenvalue weighted by molar-refractivity contribution is 4.65. The maximum Gasteiger partial charge on any atom is -0.0391 e. The van der Waals surface area contributed by atoms with Crippen LogP contribution in [0.15, 0.2) is 0 Å². The Labute approximate surface area is 97.8 Å². The molecule has 0 nitrogen and oxygen atoms in total. The summed E-state index contributed by atoms with van der Waals surface area (Å²) >= 11 is 0. The van der Waals surface area contributed by atoms with Crippen LogP contribution in [0.1, 0.15) is 73.6 Å². The predicted octanol–water partition coefficient (Wildman–Crippen LogP) is 5.52. The Kier molecular flexibility index (Phi) is 8.19. The number of rotatable bonds is 8. The van der Waals surface area contributed by atoms with Gasteiger partial charge in [-0.1, -0.05) is 67.2 Å². The fraction of sp³-hybridized carbons (Fsp3) is 1.00. The van der Waals surface area contributed by atoms with Gasteiger partial charge < -0.3 is 0 Å². The third kappa shape index (κ3) is 8.96. The van der Waals surface area contributed by atoms with Crippen LogP contribution in [-0.2, 0) is 0 Å². The van der Waals surface area contributed by atoms with Gasteiger partial charge in [-0.05, 0) is 30.1 Å². The summed E-state index contributed by atoms with van der Waals surface area (Å²) in [7, 11) is 0. The molecule has 0 aromatic rings. The lowest BCUT2D eigenvalue weighted by Crippen LogP contribution is -2.10. The maximum atomic E-state index is 2.39. The third-order valence-corrected chi connectivity index (χ3v) is 3.41. The summed E-state index contributed by atoms with van der Waals surface area (Å²) in [5.41, 5.74) is 0. The van der Waals surface area contributed by atoms with Crippen LogP contribution in [0.5, 0.6) is 0 Å². The van der Waals surface area contributed by atoms with E-state index in [0.717, 1.165) is 23.7 Å². The summed E-state index contributed by atoms with van der Waals surface area (Å²) in [6, 6.07) is 0. The third-order valence-electron chi connectivity index (χ3n) is 3.41. The van der Waals surface area contributed by atoms with E-state index in [9.17, 15) is 0 Å². The molecule has 0 aromatic heterocycles. The van der Waals surface area contributed by atoms with Gasteiger partial charge in [0, 0.05) is 0 Å². The first-order valence-corrected chi connectivity index (χ1v) is 6.93. The number of hydrogen-bond donors (Lipinski definition) is 0.